The second kappa shape index (κ2) is 6.00. The van der Waals surface area contributed by atoms with E-state index in [0.717, 1.165) is 25.7 Å². The number of nitrogens with two attached hydrogens (primary N) is 1. The molecule has 2 atom stereocenters. The third kappa shape index (κ3) is 5.13. The quantitative estimate of drug-likeness (QED) is 0.641. The summed E-state index contributed by atoms with van der Waals surface area (Å²) >= 11 is 0. The molecule has 0 aliphatic carbocycles. The Morgan fingerprint density at radius 3 is 2.50 bits per heavy atom. The fraction of sp³-hybridized carbons (Fsp3) is 0.889. The predicted octanol–water partition coefficient (Wildman–Crippen LogP) is 1.61. The van der Waals surface area contributed by atoms with Crippen molar-refractivity contribution in [2.75, 3.05) is 0 Å². The van der Waals surface area contributed by atoms with E-state index >= 15 is 0 Å². The molecule has 0 aromatic heterocycles. The molecule has 3 N–H and O–H groups in total. The van der Waals surface area contributed by atoms with E-state index in [0.29, 0.717) is 0 Å². The Morgan fingerprint density at radius 1 is 1.50 bits per heavy atom. The molecule has 0 fully saturated rings. The van der Waals surface area contributed by atoms with Crippen LogP contribution in [0.5, 0.6) is 0 Å². The number of carbonyl (C=O) groups is 1. The van der Waals surface area contributed by atoms with Gasteiger partial charge in [0.2, 0.25) is 0 Å². The lowest BCUT2D eigenvalue weighted by Gasteiger charge is -2.09. The van der Waals surface area contributed by atoms with Gasteiger partial charge >= 0.3 is 5.97 Å². The first-order chi connectivity index (χ1) is 5.57. The maximum atomic E-state index is 10.4. The number of rotatable bonds is 6. The number of carboxylic acids is 1. The molecule has 0 aromatic carbocycles. The molecule has 0 bridgehead atoms. The molecule has 0 rings (SSSR count). The minimum atomic E-state index is -0.708. The standard InChI is InChI=1S/C9H19NO2/c1-3-8(10)6-4-5-7(2)9(11)12/h7-8H,3-6,10H2,1-2H3,(H,11,12). The Kier molecular flexibility index (Phi) is 5.72. The van der Waals surface area contributed by atoms with E-state index in [2.05, 4.69) is 0 Å². The van der Waals surface area contributed by atoms with Gasteiger partial charge in [0, 0.05) is 6.04 Å². The molecule has 0 aliphatic rings. The van der Waals surface area contributed by atoms with Gasteiger partial charge in [-0.3, -0.25) is 4.79 Å². The third-order valence-corrected chi connectivity index (χ3v) is 2.16. The van der Waals surface area contributed by atoms with Gasteiger partial charge in [0.15, 0.2) is 0 Å². The maximum absolute atomic E-state index is 10.4. The van der Waals surface area contributed by atoms with E-state index in [4.69, 9.17) is 10.8 Å². The Labute approximate surface area is 74.0 Å². The van der Waals surface area contributed by atoms with Crippen molar-refractivity contribution in [1.29, 1.82) is 0 Å². The monoisotopic (exact) mass is 173 g/mol. The molecular weight excluding hydrogens is 154 g/mol. The largest absolute Gasteiger partial charge is 0.481 e. The van der Waals surface area contributed by atoms with Gasteiger partial charge in [-0.2, -0.15) is 0 Å². The molecule has 0 saturated carbocycles. The second-order valence-corrected chi connectivity index (χ2v) is 3.34. The molecule has 3 heteroatoms. The molecule has 0 saturated heterocycles. The van der Waals surface area contributed by atoms with Crippen molar-refractivity contribution in [3.05, 3.63) is 0 Å². The van der Waals surface area contributed by atoms with E-state index in [1.165, 1.54) is 0 Å². The molecule has 0 aliphatic heterocycles. The number of hydrogen-bond acceptors (Lipinski definition) is 2. The van der Waals surface area contributed by atoms with Crippen molar-refractivity contribution in [1.82, 2.24) is 0 Å². The van der Waals surface area contributed by atoms with Gasteiger partial charge in [0.05, 0.1) is 5.92 Å². The predicted molar refractivity (Wildman–Crippen MR) is 48.9 cm³/mol. The summed E-state index contributed by atoms with van der Waals surface area (Å²) in [5.74, 6) is -0.936. The molecule has 12 heavy (non-hydrogen) atoms. The van der Waals surface area contributed by atoms with Crippen molar-refractivity contribution in [3.63, 3.8) is 0 Å². The topological polar surface area (TPSA) is 63.3 Å². The van der Waals surface area contributed by atoms with E-state index in [-0.39, 0.29) is 12.0 Å². The maximum Gasteiger partial charge on any atom is 0.306 e. The van der Waals surface area contributed by atoms with Crippen LogP contribution in [0.2, 0.25) is 0 Å². The van der Waals surface area contributed by atoms with Crippen molar-refractivity contribution < 1.29 is 9.90 Å². The summed E-state index contributed by atoms with van der Waals surface area (Å²) in [4.78, 5) is 10.4. The van der Waals surface area contributed by atoms with Gasteiger partial charge in [-0.25, -0.2) is 0 Å². The van der Waals surface area contributed by atoms with Gasteiger partial charge in [-0.05, 0) is 19.3 Å². The summed E-state index contributed by atoms with van der Waals surface area (Å²) in [5.41, 5.74) is 5.69. The van der Waals surface area contributed by atoms with Crippen LogP contribution in [0.3, 0.4) is 0 Å². The number of aliphatic carboxylic acids is 1. The first kappa shape index (κ1) is 11.4. The SMILES string of the molecule is CCC(N)CCCC(C)C(=O)O. The van der Waals surface area contributed by atoms with Gasteiger partial charge in [0.25, 0.3) is 0 Å². The van der Waals surface area contributed by atoms with Crippen LogP contribution in [0.25, 0.3) is 0 Å². The Balaban J connectivity index is 3.37. The van der Waals surface area contributed by atoms with E-state index in [1.807, 2.05) is 6.92 Å². The summed E-state index contributed by atoms with van der Waals surface area (Å²) < 4.78 is 0. The molecule has 2 unspecified atom stereocenters. The molecule has 3 nitrogen and oxygen atoms in total. The Bertz CT molecular complexity index is 136. The Hall–Kier alpha value is -0.570. The minimum absolute atomic E-state index is 0.228. The zero-order valence-electron chi connectivity index (χ0n) is 7.92. The van der Waals surface area contributed by atoms with Crippen molar-refractivity contribution >= 4 is 5.97 Å². The van der Waals surface area contributed by atoms with Crippen LogP contribution in [0.1, 0.15) is 39.5 Å². The van der Waals surface area contributed by atoms with Crippen LogP contribution in [0.15, 0.2) is 0 Å². The van der Waals surface area contributed by atoms with Crippen LogP contribution >= 0.6 is 0 Å². The summed E-state index contributed by atoms with van der Waals surface area (Å²) in [5, 5.41) is 8.57. The zero-order valence-corrected chi connectivity index (χ0v) is 7.92. The summed E-state index contributed by atoms with van der Waals surface area (Å²) in [6, 6.07) is 0.242. The van der Waals surface area contributed by atoms with Crippen LogP contribution in [0.4, 0.5) is 0 Å². The first-order valence-corrected chi connectivity index (χ1v) is 4.56. The number of carboxylic acid groups (broad SMARTS) is 1. The van der Waals surface area contributed by atoms with Crippen molar-refractivity contribution in [2.45, 2.75) is 45.6 Å². The molecular formula is C9H19NO2. The fourth-order valence-corrected chi connectivity index (χ4v) is 1.01. The van der Waals surface area contributed by atoms with Crippen LogP contribution < -0.4 is 5.73 Å². The highest BCUT2D eigenvalue weighted by Gasteiger charge is 2.10. The first-order valence-electron chi connectivity index (χ1n) is 4.56. The summed E-state index contributed by atoms with van der Waals surface area (Å²) in [6.45, 7) is 3.78. The minimum Gasteiger partial charge on any atom is -0.481 e. The zero-order chi connectivity index (χ0) is 9.56. The highest BCUT2D eigenvalue weighted by atomic mass is 16.4. The second-order valence-electron chi connectivity index (χ2n) is 3.34. The van der Waals surface area contributed by atoms with E-state index in [1.54, 1.807) is 6.92 Å². The molecule has 0 aromatic rings. The van der Waals surface area contributed by atoms with Crippen molar-refractivity contribution in [2.24, 2.45) is 11.7 Å². The highest BCUT2D eigenvalue weighted by Crippen LogP contribution is 2.09. The van der Waals surface area contributed by atoms with Crippen LogP contribution in [-0.4, -0.2) is 17.1 Å². The van der Waals surface area contributed by atoms with Gasteiger partial charge < -0.3 is 10.8 Å². The molecule has 0 spiro atoms. The summed E-state index contributed by atoms with van der Waals surface area (Å²) in [7, 11) is 0. The summed E-state index contributed by atoms with van der Waals surface area (Å²) in [6.07, 6.45) is 3.57. The third-order valence-electron chi connectivity index (χ3n) is 2.16. The average molecular weight is 173 g/mol. The smallest absolute Gasteiger partial charge is 0.306 e. The van der Waals surface area contributed by atoms with Gasteiger partial charge in [-0.1, -0.05) is 20.3 Å². The van der Waals surface area contributed by atoms with Crippen molar-refractivity contribution in [3.8, 4) is 0 Å². The highest BCUT2D eigenvalue weighted by molar-refractivity contribution is 5.69. The molecule has 72 valence electrons. The van der Waals surface area contributed by atoms with Crippen LogP contribution in [-0.2, 0) is 4.79 Å². The number of hydrogen-bond donors (Lipinski definition) is 2. The van der Waals surface area contributed by atoms with Gasteiger partial charge in [0.1, 0.15) is 0 Å². The van der Waals surface area contributed by atoms with Gasteiger partial charge in [-0.15, -0.1) is 0 Å². The van der Waals surface area contributed by atoms with E-state index in [9.17, 15) is 4.79 Å². The normalized spacial score (nSPS) is 15.6. The molecule has 0 amide bonds. The molecule has 0 heterocycles. The fourth-order valence-electron chi connectivity index (χ4n) is 1.01. The lowest BCUT2D eigenvalue weighted by atomic mass is 10.0. The average Bonchev–Trinajstić information content (AvgIpc) is 2.03. The van der Waals surface area contributed by atoms with E-state index < -0.39 is 5.97 Å². The molecule has 0 radical (unpaired) electrons. The Morgan fingerprint density at radius 2 is 2.08 bits per heavy atom. The lowest BCUT2D eigenvalue weighted by Crippen LogP contribution is -2.19. The van der Waals surface area contributed by atoms with Crippen LogP contribution in [0, 0.1) is 5.92 Å². The lowest BCUT2D eigenvalue weighted by molar-refractivity contribution is -0.141.